The van der Waals surface area contributed by atoms with Gasteiger partial charge in [-0.05, 0) is 18.2 Å². The second-order valence-electron chi connectivity index (χ2n) is 5.81. The Bertz CT molecular complexity index is 964. The van der Waals surface area contributed by atoms with E-state index in [9.17, 15) is 14.0 Å². The van der Waals surface area contributed by atoms with Crippen molar-refractivity contribution in [2.45, 2.75) is 6.17 Å². The van der Waals surface area contributed by atoms with E-state index in [-0.39, 0.29) is 17.8 Å². The zero-order valence-corrected chi connectivity index (χ0v) is 14.6. The summed E-state index contributed by atoms with van der Waals surface area (Å²) in [6.07, 6.45) is 3.89. The zero-order chi connectivity index (χ0) is 19.4. The van der Waals surface area contributed by atoms with E-state index in [1.807, 2.05) is 0 Å². The van der Waals surface area contributed by atoms with Crippen molar-refractivity contribution in [3.8, 4) is 12.3 Å². The van der Waals surface area contributed by atoms with Crippen LogP contribution in [0.25, 0.3) is 0 Å². The molecule has 0 aliphatic carbocycles. The molecule has 2 N–H and O–H groups in total. The van der Waals surface area contributed by atoms with Gasteiger partial charge in [-0.1, -0.05) is 36.3 Å². The summed E-state index contributed by atoms with van der Waals surface area (Å²) in [5.74, 6) is 1.34. The van der Waals surface area contributed by atoms with E-state index in [0.717, 1.165) is 0 Å². The molecule has 3 rings (SSSR count). The summed E-state index contributed by atoms with van der Waals surface area (Å²) >= 11 is 0. The maximum Gasteiger partial charge on any atom is 0.317 e. The third-order valence-electron chi connectivity index (χ3n) is 4.09. The van der Waals surface area contributed by atoms with Gasteiger partial charge in [0, 0.05) is 18.2 Å². The van der Waals surface area contributed by atoms with Crippen molar-refractivity contribution in [1.82, 2.24) is 10.6 Å². The molecule has 0 radical (unpaired) electrons. The zero-order valence-electron chi connectivity index (χ0n) is 14.6. The number of para-hydroxylation sites is 1. The highest BCUT2D eigenvalue weighted by Crippen LogP contribution is 2.27. The summed E-state index contributed by atoms with van der Waals surface area (Å²) in [6.45, 7) is 0.00664. The predicted molar refractivity (Wildman–Crippen MR) is 101 cm³/mol. The maximum absolute atomic E-state index is 14.5. The molecule has 136 valence electrons. The van der Waals surface area contributed by atoms with E-state index < -0.39 is 23.9 Å². The summed E-state index contributed by atoms with van der Waals surface area (Å²) in [5, 5.41) is 4.90. The van der Waals surface area contributed by atoms with E-state index >= 15 is 0 Å². The number of halogens is 1. The second-order valence-corrected chi connectivity index (χ2v) is 5.81. The van der Waals surface area contributed by atoms with Gasteiger partial charge in [-0.3, -0.25) is 4.79 Å². The van der Waals surface area contributed by atoms with Gasteiger partial charge in [0.25, 0.3) is 5.91 Å². The molecule has 2 aromatic rings. The van der Waals surface area contributed by atoms with Crippen LogP contribution in [0.1, 0.15) is 11.1 Å². The number of hydrogen-bond donors (Lipinski definition) is 2. The van der Waals surface area contributed by atoms with Gasteiger partial charge in [0.15, 0.2) is 0 Å². The number of likely N-dealkylation sites (N-methyl/N-ethyl adjacent to an activating group) is 1. The highest BCUT2D eigenvalue weighted by Gasteiger charge is 2.31. The van der Waals surface area contributed by atoms with Gasteiger partial charge in [0.1, 0.15) is 5.82 Å². The lowest BCUT2D eigenvalue weighted by molar-refractivity contribution is -0.119. The number of benzodiazepines with no additional fused rings is 1. The number of urea groups is 1. The first-order chi connectivity index (χ1) is 13.0. The second kappa shape index (κ2) is 7.70. The Morgan fingerprint density at radius 2 is 1.89 bits per heavy atom. The van der Waals surface area contributed by atoms with Crippen LogP contribution in [0.15, 0.2) is 53.5 Å². The molecule has 1 aliphatic rings. The number of amides is 3. The van der Waals surface area contributed by atoms with Crippen LogP contribution in [0.2, 0.25) is 0 Å². The van der Waals surface area contributed by atoms with Crippen LogP contribution >= 0.6 is 0 Å². The third kappa shape index (κ3) is 3.65. The molecule has 1 unspecified atom stereocenters. The minimum Gasteiger partial charge on any atom is -0.327 e. The Morgan fingerprint density at radius 3 is 2.59 bits per heavy atom. The van der Waals surface area contributed by atoms with E-state index in [0.29, 0.717) is 11.3 Å². The summed E-state index contributed by atoms with van der Waals surface area (Å²) in [6, 6.07) is 12.6. The number of carbonyl (C=O) groups excluding carboxylic acids is 2. The molecule has 3 amide bonds. The molecule has 0 spiro atoms. The van der Waals surface area contributed by atoms with Crippen molar-refractivity contribution in [3.05, 3.63) is 65.5 Å². The number of aliphatic imine (C=N–C) groups is 1. The van der Waals surface area contributed by atoms with Crippen LogP contribution in [0.5, 0.6) is 0 Å². The largest absolute Gasteiger partial charge is 0.327 e. The first-order valence-electron chi connectivity index (χ1n) is 8.20. The van der Waals surface area contributed by atoms with E-state index in [2.05, 4.69) is 21.5 Å². The fraction of sp³-hybridized carbons (Fsp3) is 0.150. The van der Waals surface area contributed by atoms with Crippen molar-refractivity contribution in [2.75, 3.05) is 18.5 Å². The fourth-order valence-electron chi connectivity index (χ4n) is 2.79. The number of anilines is 1. The highest BCUT2D eigenvalue weighted by atomic mass is 19.1. The number of benzene rings is 2. The van der Waals surface area contributed by atoms with Crippen molar-refractivity contribution >= 4 is 23.3 Å². The Balaban J connectivity index is 2.10. The molecule has 0 fully saturated rings. The molecular weight excluding hydrogens is 347 g/mol. The molecule has 0 bridgehead atoms. The lowest BCUT2D eigenvalue weighted by Crippen LogP contribution is -2.49. The summed E-state index contributed by atoms with van der Waals surface area (Å²) < 4.78 is 14.5. The van der Waals surface area contributed by atoms with Crippen molar-refractivity contribution < 1.29 is 14.0 Å². The number of hydrogen-bond acceptors (Lipinski definition) is 3. The number of fused-ring (bicyclic) bond motifs is 1. The van der Waals surface area contributed by atoms with Crippen LogP contribution in [-0.2, 0) is 4.79 Å². The molecule has 6 nitrogen and oxygen atoms in total. The standard InChI is InChI=1S/C20H17FN4O2/c1-3-12-22-20(27)24-18-19(26)25(2)16-11-7-5-9-14(16)17(23-18)13-8-4-6-10-15(13)21/h1,4-11,18H,12H2,2H3,(H2,22,24,27). The minimum absolute atomic E-state index is 0.00664. The van der Waals surface area contributed by atoms with Gasteiger partial charge >= 0.3 is 6.03 Å². The Hall–Kier alpha value is -3.66. The van der Waals surface area contributed by atoms with Crippen molar-refractivity contribution in [1.29, 1.82) is 0 Å². The number of terminal acetylenes is 1. The molecule has 7 heteroatoms. The minimum atomic E-state index is -1.23. The van der Waals surface area contributed by atoms with Crippen LogP contribution in [0.3, 0.4) is 0 Å². The summed E-state index contributed by atoms with van der Waals surface area (Å²) in [7, 11) is 1.58. The van der Waals surface area contributed by atoms with Gasteiger partial charge in [-0.25, -0.2) is 14.2 Å². The molecule has 1 heterocycles. The van der Waals surface area contributed by atoms with Crippen molar-refractivity contribution in [2.24, 2.45) is 4.99 Å². The van der Waals surface area contributed by atoms with Gasteiger partial charge in [-0.2, -0.15) is 0 Å². The van der Waals surface area contributed by atoms with Gasteiger partial charge < -0.3 is 15.5 Å². The van der Waals surface area contributed by atoms with E-state index in [1.165, 1.54) is 11.0 Å². The number of carbonyl (C=O) groups is 2. The van der Waals surface area contributed by atoms with Crippen LogP contribution in [0.4, 0.5) is 14.9 Å². The molecule has 0 saturated heterocycles. The maximum atomic E-state index is 14.5. The molecule has 1 atom stereocenters. The highest BCUT2D eigenvalue weighted by molar-refractivity contribution is 6.20. The summed E-state index contributed by atoms with van der Waals surface area (Å²) in [5.41, 5.74) is 1.68. The third-order valence-corrected chi connectivity index (χ3v) is 4.09. The van der Waals surface area contributed by atoms with Crippen LogP contribution < -0.4 is 15.5 Å². The Kier molecular flexibility index (Phi) is 5.18. The number of rotatable bonds is 3. The topological polar surface area (TPSA) is 73.8 Å². The van der Waals surface area contributed by atoms with Gasteiger partial charge in [-0.15, -0.1) is 6.42 Å². The first-order valence-corrected chi connectivity index (χ1v) is 8.20. The van der Waals surface area contributed by atoms with Gasteiger partial charge in [0.05, 0.1) is 17.9 Å². The average molecular weight is 364 g/mol. The lowest BCUT2D eigenvalue weighted by Gasteiger charge is -2.20. The Labute approximate surface area is 156 Å². The molecule has 0 saturated carbocycles. The number of nitrogens with zero attached hydrogens (tertiary/aromatic N) is 2. The number of nitrogens with one attached hydrogen (secondary N) is 2. The fourth-order valence-corrected chi connectivity index (χ4v) is 2.79. The van der Waals surface area contributed by atoms with Gasteiger partial charge in [0.2, 0.25) is 6.17 Å². The smallest absolute Gasteiger partial charge is 0.317 e. The molecule has 0 aromatic heterocycles. The molecule has 27 heavy (non-hydrogen) atoms. The monoisotopic (exact) mass is 364 g/mol. The van der Waals surface area contributed by atoms with E-state index in [4.69, 9.17) is 6.42 Å². The van der Waals surface area contributed by atoms with Crippen molar-refractivity contribution in [3.63, 3.8) is 0 Å². The first kappa shape index (κ1) is 18.1. The quantitative estimate of drug-likeness (QED) is 0.817. The molecule has 2 aromatic carbocycles. The van der Waals surface area contributed by atoms with E-state index in [1.54, 1.807) is 49.5 Å². The lowest BCUT2D eigenvalue weighted by atomic mass is 10.00. The van der Waals surface area contributed by atoms with Crippen LogP contribution in [-0.4, -0.2) is 37.4 Å². The normalized spacial score (nSPS) is 15.9. The summed E-state index contributed by atoms with van der Waals surface area (Å²) in [4.78, 5) is 30.6. The predicted octanol–water partition coefficient (Wildman–Crippen LogP) is 1.90. The SMILES string of the molecule is C#CCNC(=O)NC1N=C(c2ccccc2F)c2ccccc2N(C)C1=O. The Morgan fingerprint density at radius 1 is 1.22 bits per heavy atom. The van der Waals surface area contributed by atoms with Crippen LogP contribution in [0, 0.1) is 18.2 Å². The molecule has 1 aliphatic heterocycles. The molecular formula is C20H17FN4O2. The average Bonchev–Trinajstić information content (AvgIpc) is 2.78.